The lowest BCUT2D eigenvalue weighted by Gasteiger charge is -2.10. The van der Waals surface area contributed by atoms with Gasteiger partial charge in [0.05, 0.1) is 0 Å². The van der Waals surface area contributed by atoms with Gasteiger partial charge in [0, 0.05) is 14.1 Å². The zero-order chi connectivity index (χ0) is 5.86. The average Bonchev–Trinajstić information content (AvgIpc) is 1.65. The smallest absolute Gasteiger partial charge is 0.182 e. The van der Waals surface area contributed by atoms with Gasteiger partial charge in [-0.2, -0.15) is 0 Å². The molecule has 8 heavy (non-hydrogen) atoms. The lowest BCUT2D eigenvalue weighted by Crippen LogP contribution is -2.39. The molecular formula is C3H10ClN3S. The molecule has 0 spiro atoms. The van der Waals surface area contributed by atoms with E-state index in [9.17, 15) is 0 Å². The van der Waals surface area contributed by atoms with Crippen LogP contribution in [0.3, 0.4) is 0 Å². The van der Waals surface area contributed by atoms with Crippen molar-refractivity contribution < 1.29 is 0 Å². The first-order valence-electron chi connectivity index (χ1n) is 1.88. The molecule has 0 amide bonds. The average molecular weight is 156 g/mol. The Morgan fingerprint density at radius 3 is 2.12 bits per heavy atom. The highest BCUT2D eigenvalue weighted by Crippen LogP contribution is 1.67. The summed E-state index contributed by atoms with van der Waals surface area (Å²) in [6.45, 7) is 0. The van der Waals surface area contributed by atoms with Crippen LogP contribution in [-0.2, 0) is 0 Å². The number of hydrogen-bond acceptors (Lipinski definition) is 2. The van der Waals surface area contributed by atoms with E-state index in [1.807, 2.05) is 0 Å². The van der Waals surface area contributed by atoms with Gasteiger partial charge in [-0.25, -0.2) is 5.84 Å². The van der Waals surface area contributed by atoms with Crippen LogP contribution < -0.4 is 11.2 Å². The molecule has 0 aliphatic heterocycles. The van der Waals surface area contributed by atoms with Gasteiger partial charge in [-0.15, -0.1) is 12.4 Å². The van der Waals surface area contributed by atoms with E-state index in [0.717, 1.165) is 0 Å². The first-order chi connectivity index (χ1) is 3.18. The van der Waals surface area contributed by atoms with E-state index >= 15 is 0 Å². The Hall–Kier alpha value is -0.0600. The van der Waals surface area contributed by atoms with Crippen LogP contribution in [0.25, 0.3) is 0 Å². The van der Waals surface area contributed by atoms with Crippen molar-refractivity contribution in [3.63, 3.8) is 0 Å². The fourth-order valence-corrected chi connectivity index (χ4v) is 0.176. The third-order valence-corrected chi connectivity index (χ3v) is 1.03. The van der Waals surface area contributed by atoms with E-state index in [1.165, 1.54) is 5.01 Å². The normalized spacial score (nSPS) is 6.88. The van der Waals surface area contributed by atoms with E-state index in [1.54, 1.807) is 14.1 Å². The maximum atomic E-state index is 5.18. The van der Waals surface area contributed by atoms with Gasteiger partial charge in [-0.05, 0) is 12.2 Å². The highest BCUT2D eigenvalue weighted by Gasteiger charge is 1.89. The van der Waals surface area contributed by atoms with E-state index in [2.05, 4.69) is 17.5 Å². The summed E-state index contributed by atoms with van der Waals surface area (Å²) in [5.41, 5.74) is 0. The largest absolute Gasteiger partial charge is 0.365 e. The molecule has 0 aliphatic carbocycles. The Balaban J connectivity index is 0. The minimum Gasteiger partial charge on any atom is -0.365 e. The van der Waals surface area contributed by atoms with E-state index in [-0.39, 0.29) is 12.4 Å². The Morgan fingerprint density at radius 1 is 1.75 bits per heavy atom. The van der Waals surface area contributed by atoms with Crippen molar-refractivity contribution in [1.82, 2.24) is 10.3 Å². The molecule has 0 radical (unpaired) electrons. The van der Waals surface area contributed by atoms with E-state index in [4.69, 9.17) is 5.84 Å². The molecule has 0 aliphatic rings. The molecule has 3 N–H and O–H groups in total. The van der Waals surface area contributed by atoms with Gasteiger partial charge in [0.15, 0.2) is 5.11 Å². The predicted octanol–water partition coefficient (Wildman–Crippen LogP) is -0.282. The second-order valence-corrected chi connectivity index (χ2v) is 1.55. The van der Waals surface area contributed by atoms with E-state index < -0.39 is 0 Å². The van der Waals surface area contributed by atoms with Crippen LogP contribution >= 0.6 is 24.6 Å². The Kier molecular flexibility index (Phi) is 6.89. The van der Waals surface area contributed by atoms with Crippen molar-refractivity contribution in [3.8, 4) is 0 Å². The molecule has 3 nitrogen and oxygen atoms in total. The second kappa shape index (κ2) is 5.08. The Labute approximate surface area is 60.6 Å². The fraction of sp³-hybridized carbons (Fsp3) is 0.667. The van der Waals surface area contributed by atoms with Crippen LogP contribution in [0.4, 0.5) is 0 Å². The minimum atomic E-state index is 0. The minimum absolute atomic E-state index is 0. The highest BCUT2D eigenvalue weighted by molar-refractivity contribution is 7.80. The third kappa shape index (κ3) is 4.11. The molecule has 0 aromatic carbocycles. The first kappa shape index (κ1) is 10.8. The molecule has 0 aromatic heterocycles. The van der Waals surface area contributed by atoms with Gasteiger partial charge < -0.3 is 5.32 Å². The highest BCUT2D eigenvalue weighted by atomic mass is 35.5. The summed E-state index contributed by atoms with van der Waals surface area (Å²) < 4.78 is 0. The molecule has 0 rings (SSSR count). The summed E-state index contributed by atoms with van der Waals surface area (Å²) in [5, 5.41) is 4.58. The standard InChI is InChI=1S/C3H9N3S.ClH/c1-5-3(7)6(2)4;/h4H2,1-2H3,(H,5,7);1H. The van der Waals surface area contributed by atoms with Crippen molar-refractivity contribution in [2.45, 2.75) is 0 Å². The fourth-order valence-electron chi connectivity index (χ4n) is 0.176. The lowest BCUT2D eigenvalue weighted by atomic mass is 11.0. The SMILES string of the molecule is CNC(=S)N(C)N.Cl. The molecule has 0 saturated heterocycles. The maximum absolute atomic E-state index is 5.18. The first-order valence-corrected chi connectivity index (χ1v) is 2.29. The third-order valence-electron chi connectivity index (χ3n) is 0.534. The Bertz CT molecular complexity index is 74.9. The second-order valence-electron chi connectivity index (χ2n) is 1.17. The summed E-state index contributed by atoms with van der Waals surface area (Å²) in [4.78, 5) is 0. The van der Waals surface area contributed by atoms with Crippen molar-refractivity contribution >= 4 is 29.7 Å². The number of rotatable bonds is 0. The predicted molar refractivity (Wildman–Crippen MR) is 40.9 cm³/mol. The molecule has 0 heterocycles. The molecule has 0 aromatic rings. The number of halogens is 1. The number of nitrogens with zero attached hydrogens (tertiary/aromatic N) is 1. The van der Waals surface area contributed by atoms with Gasteiger partial charge in [0.2, 0.25) is 0 Å². The van der Waals surface area contributed by atoms with Gasteiger partial charge in [-0.3, -0.25) is 5.01 Å². The summed E-state index contributed by atoms with van der Waals surface area (Å²) >= 11 is 4.67. The number of nitrogens with one attached hydrogen (secondary N) is 1. The van der Waals surface area contributed by atoms with Crippen LogP contribution in [-0.4, -0.2) is 24.2 Å². The molecule has 50 valence electrons. The van der Waals surface area contributed by atoms with Gasteiger partial charge >= 0.3 is 0 Å². The van der Waals surface area contributed by atoms with Crippen molar-refractivity contribution in [3.05, 3.63) is 0 Å². The molecule has 5 heteroatoms. The maximum Gasteiger partial charge on any atom is 0.182 e. The molecule has 0 saturated carbocycles. The topological polar surface area (TPSA) is 41.3 Å². The number of nitrogens with two attached hydrogens (primary N) is 1. The zero-order valence-corrected chi connectivity index (χ0v) is 6.47. The molecule has 0 unspecified atom stereocenters. The zero-order valence-electron chi connectivity index (χ0n) is 4.84. The molecule has 0 atom stereocenters. The summed E-state index contributed by atoms with van der Waals surface area (Å²) in [5.74, 6) is 5.18. The molecular weight excluding hydrogens is 146 g/mol. The Morgan fingerprint density at radius 2 is 2.12 bits per heavy atom. The number of thiocarbonyl (C=S) groups is 1. The van der Waals surface area contributed by atoms with Crippen molar-refractivity contribution in [2.75, 3.05) is 14.1 Å². The lowest BCUT2D eigenvalue weighted by molar-refractivity contribution is 0.532. The number of hydrazine groups is 1. The van der Waals surface area contributed by atoms with Gasteiger partial charge in [-0.1, -0.05) is 0 Å². The quantitative estimate of drug-likeness (QED) is 0.287. The molecule has 0 fully saturated rings. The number of hydrogen-bond donors (Lipinski definition) is 2. The molecule has 0 bridgehead atoms. The van der Waals surface area contributed by atoms with Gasteiger partial charge in [0.1, 0.15) is 0 Å². The summed E-state index contributed by atoms with van der Waals surface area (Å²) in [6, 6.07) is 0. The monoisotopic (exact) mass is 155 g/mol. The van der Waals surface area contributed by atoms with Crippen LogP contribution in [0.2, 0.25) is 0 Å². The van der Waals surface area contributed by atoms with Crippen LogP contribution in [0.1, 0.15) is 0 Å². The summed E-state index contributed by atoms with van der Waals surface area (Å²) in [7, 11) is 3.41. The van der Waals surface area contributed by atoms with E-state index in [0.29, 0.717) is 5.11 Å². The van der Waals surface area contributed by atoms with Gasteiger partial charge in [0.25, 0.3) is 0 Å². The van der Waals surface area contributed by atoms with Crippen LogP contribution in [0.15, 0.2) is 0 Å². The van der Waals surface area contributed by atoms with Crippen molar-refractivity contribution in [2.24, 2.45) is 5.84 Å². The summed E-state index contributed by atoms with van der Waals surface area (Å²) in [6.07, 6.45) is 0. The van der Waals surface area contributed by atoms with Crippen LogP contribution in [0.5, 0.6) is 0 Å². The van der Waals surface area contributed by atoms with Crippen molar-refractivity contribution in [1.29, 1.82) is 0 Å². The van der Waals surface area contributed by atoms with Crippen LogP contribution in [0, 0.1) is 0 Å².